The molecule has 4 aromatic rings. The maximum Gasteiger partial charge on any atom is 0.251 e. The number of thiazole rings is 1. The van der Waals surface area contributed by atoms with Gasteiger partial charge in [0, 0.05) is 42.8 Å². The number of anilines is 1. The molecule has 5 amide bonds. The lowest BCUT2D eigenvalue weighted by molar-refractivity contribution is -0.144. The molecule has 0 radical (unpaired) electrons. The van der Waals surface area contributed by atoms with E-state index in [-0.39, 0.29) is 84.8 Å². The number of rotatable bonds is 25. The summed E-state index contributed by atoms with van der Waals surface area (Å²) >= 11 is 13.7. The van der Waals surface area contributed by atoms with Gasteiger partial charge in [-0.15, -0.1) is 22.9 Å². The topological polar surface area (TPSA) is 216 Å². The standard InChI is InChI=1S/C50H62Cl2N6O12S/c1-32-45(71-31-54-32)35-7-5-33(6-8-35)28-53-47(62)39-26-38(59)29-58(39)49(64)46(50(2,3)4)56-42(60)30-68-22-21-67-20-19-66-18-17-65-16-15-57(43(61)27-51)44(34-9-11-36(52)12-10-34)48(63)55-37-13-14-40-41(25-37)70-24-23-69-40/h5-14,25,31,38-39,44,46,59H,15-24,26-30H2,1-4H3,(H,53,62)(H,55,63)(H,56,60)/t38?,39-,44?,46+/m0/s1. The second-order valence-electron chi connectivity index (χ2n) is 17.9. The van der Waals surface area contributed by atoms with E-state index in [0.29, 0.717) is 41.0 Å². The molecule has 2 unspecified atom stereocenters. The van der Waals surface area contributed by atoms with E-state index in [1.807, 2.05) is 52.0 Å². The van der Waals surface area contributed by atoms with Gasteiger partial charge < -0.3 is 59.3 Å². The van der Waals surface area contributed by atoms with Gasteiger partial charge in [-0.2, -0.15) is 0 Å². The Balaban J connectivity index is 0.864. The van der Waals surface area contributed by atoms with E-state index in [0.717, 1.165) is 21.7 Å². The van der Waals surface area contributed by atoms with E-state index >= 15 is 0 Å². The number of halogens is 2. The molecule has 2 aliphatic rings. The molecule has 0 aliphatic carbocycles. The fourth-order valence-corrected chi connectivity index (χ4v) is 8.99. The number of aromatic nitrogens is 1. The van der Waals surface area contributed by atoms with E-state index in [2.05, 4.69) is 20.9 Å². The van der Waals surface area contributed by atoms with Gasteiger partial charge in [0.2, 0.25) is 23.6 Å². The number of amides is 5. The predicted molar refractivity (Wildman–Crippen MR) is 268 cm³/mol. The maximum atomic E-state index is 14.0. The van der Waals surface area contributed by atoms with Gasteiger partial charge in [0.25, 0.3) is 5.91 Å². The third kappa shape index (κ3) is 16.1. The third-order valence-electron chi connectivity index (χ3n) is 11.5. The van der Waals surface area contributed by atoms with Crippen molar-refractivity contribution >= 4 is 69.8 Å². The second-order valence-corrected chi connectivity index (χ2v) is 19.4. The first-order chi connectivity index (χ1) is 34.1. The molecule has 21 heteroatoms. The van der Waals surface area contributed by atoms with Crippen molar-refractivity contribution < 1.29 is 57.5 Å². The molecule has 3 heterocycles. The van der Waals surface area contributed by atoms with Crippen molar-refractivity contribution in [2.75, 3.05) is 90.4 Å². The molecule has 18 nitrogen and oxygen atoms in total. The van der Waals surface area contributed by atoms with Gasteiger partial charge in [0.15, 0.2) is 11.5 Å². The second kappa shape index (κ2) is 26.9. The van der Waals surface area contributed by atoms with Crippen LogP contribution in [-0.4, -0.2) is 153 Å². The van der Waals surface area contributed by atoms with E-state index < -0.39 is 59.2 Å². The van der Waals surface area contributed by atoms with Crippen LogP contribution in [0.2, 0.25) is 5.02 Å². The molecule has 2 aliphatic heterocycles. The maximum absolute atomic E-state index is 14.0. The molecular weight excluding hydrogens is 980 g/mol. The Labute approximate surface area is 427 Å². The van der Waals surface area contributed by atoms with Crippen LogP contribution < -0.4 is 25.4 Å². The minimum absolute atomic E-state index is 0.0399. The van der Waals surface area contributed by atoms with Crippen LogP contribution in [0.3, 0.4) is 0 Å². The van der Waals surface area contributed by atoms with Crippen molar-refractivity contribution in [3.05, 3.63) is 94.1 Å². The molecule has 4 N–H and O–H groups in total. The molecule has 384 valence electrons. The highest BCUT2D eigenvalue weighted by atomic mass is 35.5. The number of alkyl halides is 1. The first-order valence-corrected chi connectivity index (χ1v) is 25.1. The summed E-state index contributed by atoms with van der Waals surface area (Å²) < 4.78 is 33.7. The molecule has 3 aromatic carbocycles. The van der Waals surface area contributed by atoms with E-state index in [1.54, 1.807) is 59.3 Å². The monoisotopic (exact) mass is 1040 g/mol. The Morgan fingerprint density at radius 2 is 1.54 bits per heavy atom. The van der Waals surface area contributed by atoms with Crippen molar-refractivity contribution in [1.29, 1.82) is 0 Å². The van der Waals surface area contributed by atoms with Gasteiger partial charge in [0.05, 0.1) is 68.4 Å². The number of aliphatic hydroxyl groups excluding tert-OH is 1. The summed E-state index contributed by atoms with van der Waals surface area (Å²) in [4.78, 5) is 75.5. The lowest BCUT2D eigenvalue weighted by Gasteiger charge is -2.35. The molecule has 71 heavy (non-hydrogen) atoms. The fraction of sp³-hybridized carbons (Fsp3) is 0.480. The minimum Gasteiger partial charge on any atom is -0.486 e. The normalized spacial score (nSPS) is 16.2. The number of fused-ring (bicyclic) bond motifs is 1. The Morgan fingerprint density at radius 1 is 0.887 bits per heavy atom. The van der Waals surface area contributed by atoms with Crippen molar-refractivity contribution in [3.63, 3.8) is 0 Å². The Hall–Kier alpha value is -5.38. The number of benzene rings is 3. The van der Waals surface area contributed by atoms with Gasteiger partial charge in [-0.3, -0.25) is 24.0 Å². The molecular formula is C50H62Cl2N6O12S. The zero-order valence-electron chi connectivity index (χ0n) is 40.3. The smallest absolute Gasteiger partial charge is 0.251 e. The first-order valence-electron chi connectivity index (χ1n) is 23.3. The summed E-state index contributed by atoms with van der Waals surface area (Å²) in [6.07, 6.45) is -0.819. The number of nitrogens with one attached hydrogen (secondary N) is 3. The highest BCUT2D eigenvalue weighted by Gasteiger charge is 2.44. The number of β-amino-alcohol motifs (C(OH)–C–C–N with tert-alkyl or cyclic N) is 1. The van der Waals surface area contributed by atoms with Gasteiger partial charge in [-0.1, -0.05) is 68.8 Å². The number of nitrogens with zero attached hydrogens (tertiary/aromatic N) is 3. The molecule has 0 bridgehead atoms. The molecule has 4 atom stereocenters. The summed E-state index contributed by atoms with van der Waals surface area (Å²) in [6, 6.07) is 16.5. The highest BCUT2D eigenvalue weighted by molar-refractivity contribution is 7.13. The van der Waals surface area contributed by atoms with E-state index in [1.165, 1.54) is 9.80 Å². The highest BCUT2D eigenvalue weighted by Crippen LogP contribution is 2.34. The van der Waals surface area contributed by atoms with Crippen LogP contribution in [-0.2, 0) is 49.5 Å². The molecule has 1 saturated heterocycles. The average molecular weight is 1040 g/mol. The quantitative estimate of drug-likeness (QED) is 0.0499. The SMILES string of the molecule is Cc1ncsc1-c1ccc(CNC(=O)[C@@H]2CC(O)CN2C(=O)[C@@H](NC(=O)COCCOCCOCCOCCN(C(=O)CCl)C(C(=O)Nc2ccc3c(c2)OCCO3)c2ccc(Cl)cc2)C(C)(C)C)cc1. The fourth-order valence-electron chi connectivity index (χ4n) is 7.89. The summed E-state index contributed by atoms with van der Waals surface area (Å²) in [5, 5.41) is 19.6. The van der Waals surface area contributed by atoms with Crippen molar-refractivity contribution in [2.45, 2.75) is 64.9 Å². The summed E-state index contributed by atoms with van der Waals surface area (Å²) in [6.45, 7) is 9.40. The van der Waals surface area contributed by atoms with Crippen LogP contribution in [0.1, 0.15) is 50.1 Å². The summed E-state index contributed by atoms with van der Waals surface area (Å²) in [5.41, 5.74) is 4.92. The number of aliphatic hydroxyl groups is 1. The molecule has 6 rings (SSSR count). The van der Waals surface area contributed by atoms with Crippen molar-refractivity contribution in [1.82, 2.24) is 25.4 Å². The van der Waals surface area contributed by atoms with Crippen molar-refractivity contribution in [2.24, 2.45) is 5.41 Å². The Morgan fingerprint density at radius 3 is 2.17 bits per heavy atom. The predicted octanol–water partition coefficient (Wildman–Crippen LogP) is 5.17. The number of carbonyl (C=O) groups is 5. The lowest BCUT2D eigenvalue weighted by atomic mass is 9.85. The average Bonchev–Trinajstić information content (AvgIpc) is 3.98. The lowest BCUT2D eigenvalue weighted by Crippen LogP contribution is -2.58. The van der Waals surface area contributed by atoms with Crippen LogP contribution in [0.4, 0.5) is 5.69 Å². The molecule has 1 aromatic heterocycles. The summed E-state index contributed by atoms with van der Waals surface area (Å²) in [5.74, 6) is -1.62. The van der Waals surface area contributed by atoms with Gasteiger partial charge in [-0.05, 0) is 53.3 Å². The Bertz CT molecular complexity index is 2400. The number of hydrogen-bond acceptors (Lipinski definition) is 14. The molecule has 0 saturated carbocycles. The number of aryl methyl sites for hydroxylation is 1. The molecule has 1 fully saturated rings. The van der Waals surface area contributed by atoms with E-state index in [9.17, 15) is 29.1 Å². The van der Waals surface area contributed by atoms with Gasteiger partial charge in [-0.25, -0.2) is 4.98 Å². The molecule has 0 spiro atoms. The number of hydrogen-bond donors (Lipinski definition) is 4. The van der Waals surface area contributed by atoms with Gasteiger partial charge in [0.1, 0.15) is 43.8 Å². The van der Waals surface area contributed by atoms with Crippen LogP contribution >= 0.6 is 34.5 Å². The van der Waals surface area contributed by atoms with E-state index in [4.69, 9.17) is 51.6 Å². The third-order valence-corrected chi connectivity index (χ3v) is 13.0. The number of carbonyl (C=O) groups excluding carboxylic acids is 5. The van der Waals surface area contributed by atoms with Crippen LogP contribution in [0, 0.1) is 12.3 Å². The van der Waals surface area contributed by atoms with Crippen molar-refractivity contribution in [3.8, 4) is 21.9 Å². The summed E-state index contributed by atoms with van der Waals surface area (Å²) in [7, 11) is 0. The minimum atomic E-state index is -1.06. The largest absolute Gasteiger partial charge is 0.486 e. The first kappa shape index (κ1) is 54.9. The zero-order chi connectivity index (χ0) is 50.9. The van der Waals surface area contributed by atoms with Crippen LogP contribution in [0.5, 0.6) is 11.5 Å². The number of ether oxygens (including phenoxy) is 6. The zero-order valence-corrected chi connectivity index (χ0v) is 42.6. The van der Waals surface area contributed by atoms with Crippen LogP contribution in [0.15, 0.2) is 72.2 Å². The number of likely N-dealkylation sites (tertiary alicyclic amines) is 1. The van der Waals surface area contributed by atoms with Crippen LogP contribution in [0.25, 0.3) is 10.4 Å². The van der Waals surface area contributed by atoms with Gasteiger partial charge >= 0.3 is 0 Å². The Kier molecular flexibility index (Phi) is 20.8.